The summed E-state index contributed by atoms with van der Waals surface area (Å²) in [5.74, 6) is 0.924. The van der Waals surface area contributed by atoms with Crippen LogP contribution in [0.5, 0.6) is 0 Å². The molecule has 2 N–H and O–H groups in total. The van der Waals surface area contributed by atoms with Crippen molar-refractivity contribution < 1.29 is 5.11 Å². The highest BCUT2D eigenvalue weighted by Crippen LogP contribution is 2.11. The molecule has 0 saturated heterocycles. The molecule has 0 radical (unpaired) electrons. The number of aliphatic hydroxyl groups is 1. The van der Waals surface area contributed by atoms with Gasteiger partial charge in [0.2, 0.25) is 0 Å². The Morgan fingerprint density at radius 1 is 1.62 bits per heavy atom. The van der Waals surface area contributed by atoms with E-state index in [1.54, 1.807) is 11.8 Å². The third-order valence-corrected chi connectivity index (χ3v) is 2.86. The number of rotatable bonds is 7. The first-order valence-corrected chi connectivity index (χ1v) is 5.64. The van der Waals surface area contributed by atoms with E-state index in [9.17, 15) is 0 Å². The van der Waals surface area contributed by atoms with Gasteiger partial charge in [-0.25, -0.2) is 0 Å². The minimum atomic E-state index is -0.0385. The van der Waals surface area contributed by atoms with Gasteiger partial charge in [0, 0.05) is 5.25 Å². The fourth-order valence-corrected chi connectivity index (χ4v) is 1.78. The lowest BCUT2D eigenvalue weighted by Crippen LogP contribution is -2.27. The highest BCUT2D eigenvalue weighted by molar-refractivity contribution is 7.99. The zero-order chi connectivity index (χ0) is 10.1. The van der Waals surface area contributed by atoms with Gasteiger partial charge in [0.1, 0.15) is 0 Å². The second kappa shape index (κ2) is 8.36. The average molecular weight is 202 g/mol. The Morgan fingerprint density at radius 2 is 2.31 bits per heavy atom. The highest BCUT2D eigenvalue weighted by atomic mass is 32.2. The Morgan fingerprint density at radius 3 is 2.77 bits per heavy atom. The maximum Gasteiger partial charge on any atom is 0.0960 e. The van der Waals surface area contributed by atoms with Crippen LogP contribution < -0.4 is 5.32 Å². The van der Waals surface area contributed by atoms with Crippen molar-refractivity contribution >= 4 is 11.8 Å². The van der Waals surface area contributed by atoms with Gasteiger partial charge in [-0.15, -0.1) is 0 Å². The van der Waals surface area contributed by atoms with Gasteiger partial charge in [0.05, 0.1) is 18.7 Å². The molecule has 0 heterocycles. The summed E-state index contributed by atoms with van der Waals surface area (Å²) in [6.07, 6.45) is 0.847. The number of nitriles is 1. The van der Waals surface area contributed by atoms with Crippen LogP contribution in [0.4, 0.5) is 0 Å². The van der Waals surface area contributed by atoms with E-state index >= 15 is 0 Å². The standard InChI is InChI=1S/C9H18N2OS/c1-3-11-9(6-10)4-5-13-8(2)7-12/h8-9,11-12H,3-5,7H2,1-2H3. The number of hydrogen-bond donors (Lipinski definition) is 2. The van der Waals surface area contributed by atoms with Crippen LogP contribution in [0.15, 0.2) is 0 Å². The molecule has 2 unspecified atom stereocenters. The topological polar surface area (TPSA) is 56.0 Å². The maximum atomic E-state index is 8.76. The van der Waals surface area contributed by atoms with Crippen LogP contribution in [0, 0.1) is 11.3 Å². The monoisotopic (exact) mass is 202 g/mol. The zero-order valence-electron chi connectivity index (χ0n) is 8.29. The van der Waals surface area contributed by atoms with Crippen molar-refractivity contribution in [1.29, 1.82) is 5.26 Å². The van der Waals surface area contributed by atoms with Crippen molar-refractivity contribution in [3.05, 3.63) is 0 Å². The lowest BCUT2D eigenvalue weighted by molar-refractivity contribution is 0.300. The summed E-state index contributed by atoms with van der Waals surface area (Å²) in [6, 6.07) is 2.17. The van der Waals surface area contributed by atoms with Gasteiger partial charge in [-0.3, -0.25) is 0 Å². The van der Waals surface area contributed by atoms with Gasteiger partial charge in [0.15, 0.2) is 0 Å². The van der Waals surface area contributed by atoms with Crippen molar-refractivity contribution in [2.24, 2.45) is 0 Å². The number of nitrogens with zero attached hydrogens (tertiary/aromatic N) is 1. The zero-order valence-corrected chi connectivity index (χ0v) is 9.10. The van der Waals surface area contributed by atoms with Crippen molar-refractivity contribution in [1.82, 2.24) is 5.32 Å². The van der Waals surface area contributed by atoms with Crippen molar-refractivity contribution in [3.63, 3.8) is 0 Å². The molecule has 2 atom stereocenters. The predicted octanol–water partition coefficient (Wildman–Crippen LogP) is 0.992. The van der Waals surface area contributed by atoms with Crippen LogP contribution in [-0.2, 0) is 0 Å². The van der Waals surface area contributed by atoms with Gasteiger partial charge in [-0.05, 0) is 18.7 Å². The Kier molecular flexibility index (Phi) is 8.21. The minimum Gasteiger partial charge on any atom is -0.395 e. The van der Waals surface area contributed by atoms with Crippen LogP contribution >= 0.6 is 11.8 Å². The van der Waals surface area contributed by atoms with Crippen LogP contribution in [0.3, 0.4) is 0 Å². The predicted molar refractivity (Wildman–Crippen MR) is 56.7 cm³/mol. The van der Waals surface area contributed by atoms with E-state index in [1.807, 2.05) is 13.8 Å². The van der Waals surface area contributed by atoms with E-state index in [1.165, 1.54) is 0 Å². The van der Waals surface area contributed by atoms with Crippen LogP contribution in [0.1, 0.15) is 20.3 Å². The number of nitrogens with one attached hydrogen (secondary N) is 1. The van der Waals surface area contributed by atoms with E-state index in [4.69, 9.17) is 10.4 Å². The van der Waals surface area contributed by atoms with E-state index in [-0.39, 0.29) is 17.9 Å². The lowest BCUT2D eigenvalue weighted by atomic mass is 10.2. The van der Waals surface area contributed by atoms with Gasteiger partial charge < -0.3 is 10.4 Å². The van der Waals surface area contributed by atoms with Gasteiger partial charge in [0.25, 0.3) is 0 Å². The molecular weight excluding hydrogens is 184 g/mol. The number of hydrogen-bond acceptors (Lipinski definition) is 4. The molecule has 0 aliphatic heterocycles. The lowest BCUT2D eigenvalue weighted by Gasteiger charge is -2.11. The summed E-state index contributed by atoms with van der Waals surface area (Å²) in [4.78, 5) is 0. The molecule has 0 saturated carbocycles. The minimum absolute atomic E-state index is 0.0385. The first-order valence-electron chi connectivity index (χ1n) is 4.60. The summed E-state index contributed by atoms with van der Waals surface area (Å²) in [5.41, 5.74) is 0. The number of thioether (sulfide) groups is 1. The molecule has 0 spiro atoms. The Labute approximate surface area is 84.5 Å². The molecule has 3 nitrogen and oxygen atoms in total. The van der Waals surface area contributed by atoms with Gasteiger partial charge in [-0.2, -0.15) is 17.0 Å². The summed E-state index contributed by atoms with van der Waals surface area (Å²) >= 11 is 1.70. The fraction of sp³-hybridized carbons (Fsp3) is 0.889. The van der Waals surface area contributed by atoms with Crippen LogP contribution in [-0.4, -0.2) is 35.3 Å². The molecule has 0 aromatic carbocycles. The molecule has 0 fully saturated rings. The molecular formula is C9H18N2OS. The average Bonchev–Trinajstić information content (AvgIpc) is 2.16. The largest absolute Gasteiger partial charge is 0.395 e. The van der Waals surface area contributed by atoms with E-state index in [0.717, 1.165) is 18.7 Å². The molecule has 0 aromatic rings. The van der Waals surface area contributed by atoms with Gasteiger partial charge >= 0.3 is 0 Å². The molecule has 4 heteroatoms. The normalized spacial score (nSPS) is 14.9. The molecule has 0 bridgehead atoms. The molecule has 13 heavy (non-hydrogen) atoms. The summed E-state index contributed by atoms with van der Waals surface area (Å²) in [7, 11) is 0. The van der Waals surface area contributed by atoms with Crippen LogP contribution in [0.2, 0.25) is 0 Å². The highest BCUT2D eigenvalue weighted by Gasteiger charge is 2.06. The Bertz CT molecular complexity index is 158. The molecule has 76 valence electrons. The third-order valence-electron chi connectivity index (χ3n) is 1.67. The molecule has 0 amide bonds. The van der Waals surface area contributed by atoms with E-state index in [0.29, 0.717) is 0 Å². The van der Waals surface area contributed by atoms with E-state index < -0.39 is 0 Å². The Hall–Kier alpha value is -0.240. The van der Waals surface area contributed by atoms with Crippen LogP contribution in [0.25, 0.3) is 0 Å². The SMILES string of the molecule is CCNC(C#N)CCSC(C)CO. The second-order valence-electron chi connectivity index (χ2n) is 2.89. The molecule has 0 aliphatic rings. The summed E-state index contributed by atoms with van der Waals surface area (Å²) in [5, 5.41) is 20.8. The molecule has 0 aromatic heterocycles. The molecule has 0 rings (SSSR count). The number of aliphatic hydroxyl groups excluding tert-OH is 1. The first kappa shape index (κ1) is 12.8. The fourth-order valence-electron chi connectivity index (χ4n) is 0.898. The smallest absolute Gasteiger partial charge is 0.0960 e. The second-order valence-corrected chi connectivity index (χ2v) is 4.44. The summed E-state index contributed by atoms with van der Waals surface area (Å²) in [6.45, 7) is 5.02. The Balaban J connectivity index is 3.44. The maximum absolute atomic E-state index is 8.76. The quantitative estimate of drug-likeness (QED) is 0.646. The third kappa shape index (κ3) is 6.88. The van der Waals surface area contributed by atoms with Crippen molar-refractivity contribution in [2.75, 3.05) is 18.9 Å². The molecule has 0 aliphatic carbocycles. The van der Waals surface area contributed by atoms with E-state index in [2.05, 4.69) is 11.4 Å². The van der Waals surface area contributed by atoms with Crippen molar-refractivity contribution in [3.8, 4) is 6.07 Å². The van der Waals surface area contributed by atoms with Gasteiger partial charge in [-0.1, -0.05) is 13.8 Å². The first-order chi connectivity index (χ1) is 6.24. The van der Waals surface area contributed by atoms with Crippen molar-refractivity contribution in [2.45, 2.75) is 31.6 Å². The summed E-state index contributed by atoms with van der Waals surface area (Å²) < 4.78 is 0.